The van der Waals surface area contributed by atoms with Crippen LogP contribution >= 0.6 is 21.6 Å². The zero-order chi connectivity index (χ0) is 97.7. The number of aromatic nitrogens is 11. The van der Waals surface area contributed by atoms with E-state index in [2.05, 4.69) is 116 Å². The van der Waals surface area contributed by atoms with Crippen molar-refractivity contribution in [2.45, 2.75) is 202 Å². The number of piperidine rings is 1. The van der Waals surface area contributed by atoms with E-state index in [0.29, 0.717) is 75.2 Å². The molecule has 2 unspecified atom stereocenters. The number of hydrazine groups is 1. The van der Waals surface area contributed by atoms with Crippen LogP contribution in [0.2, 0.25) is 0 Å². The molecule has 3 fully saturated rings. The third kappa shape index (κ3) is 22.0. The van der Waals surface area contributed by atoms with Crippen molar-refractivity contribution in [1.29, 1.82) is 0 Å². The van der Waals surface area contributed by atoms with Crippen LogP contribution in [0.25, 0.3) is 22.1 Å². The number of ketones is 3. The van der Waals surface area contributed by atoms with E-state index >= 15 is 4.79 Å². The summed E-state index contributed by atoms with van der Waals surface area (Å²) in [7, 11) is -4.29. The number of aliphatic hydroxyl groups excluding tert-OH is 1. The first-order valence-corrected chi connectivity index (χ1v) is 49.9. The number of H-pyrrole nitrogens is 1. The molecule has 0 radical (unpaired) electrons. The van der Waals surface area contributed by atoms with Crippen molar-refractivity contribution in [3.63, 3.8) is 0 Å². The number of nitrogen functional groups attached to an aromatic ring is 1. The maximum absolute atomic E-state index is 15.3. The predicted molar refractivity (Wildman–Crippen MR) is 490 cm³/mol. The minimum Gasteiger partial charge on any atom is -0.496 e. The fourth-order valence-electron chi connectivity index (χ4n) is 20.6. The van der Waals surface area contributed by atoms with Crippen molar-refractivity contribution in [1.82, 2.24) is 86.2 Å². The molecule has 8 aromatic rings. The van der Waals surface area contributed by atoms with E-state index in [1.54, 1.807) is 26.3 Å². The van der Waals surface area contributed by atoms with Gasteiger partial charge in [-0.1, -0.05) is 107 Å². The van der Waals surface area contributed by atoms with Crippen molar-refractivity contribution >= 4 is 129 Å². The quantitative estimate of drug-likeness (QED) is 0.00649. The number of aromatic amines is 1. The molecule has 136 heavy (non-hydrogen) atoms. The Kier molecular flexibility index (Phi) is 31.0. The maximum atomic E-state index is 15.3. The fraction of sp³-hybridized carbons (Fsp3) is 0.534. The number of aliphatic carboxylic acids is 2. The molecule has 3 aromatic carbocycles. The molecule has 44 nitrogen and oxygen atoms in total. The number of carboxylic acid groups (broad SMARTS) is 2. The van der Waals surface area contributed by atoms with Gasteiger partial charge in [-0.05, 0) is 113 Å². The van der Waals surface area contributed by atoms with Crippen LogP contribution in [0.3, 0.4) is 0 Å². The highest BCUT2D eigenvalue weighted by molar-refractivity contribution is 8.76. The number of carboxylic acids is 2. The minimum absolute atomic E-state index is 0.000958. The molecule has 6 aliphatic rings. The van der Waals surface area contributed by atoms with Crippen LogP contribution in [0.5, 0.6) is 11.6 Å². The van der Waals surface area contributed by atoms with Gasteiger partial charge in [0.25, 0.3) is 5.91 Å². The van der Waals surface area contributed by atoms with Gasteiger partial charge in [-0.25, -0.2) is 37.9 Å². The normalized spacial score (nSPS) is 23.1. The van der Waals surface area contributed by atoms with Gasteiger partial charge < -0.3 is 66.4 Å². The van der Waals surface area contributed by atoms with Crippen molar-refractivity contribution in [3.8, 4) is 11.6 Å². The summed E-state index contributed by atoms with van der Waals surface area (Å²) in [5, 5.41) is 92.4. The first-order chi connectivity index (χ1) is 64.6. The first-order valence-electron chi connectivity index (χ1n) is 44.7. The standard InChI is InChI=1S/C88H111N19O25S4/c1-7-50-22-27-105-29-25-87-59-41-60(85(4)43-69-86(121,8-2)24-11-26-104(69)28-23-58-57-12-9-10-13-61(57)93-73(58)85)68(129-6)42-64(59)103(5)81(87)88(122,75(112)71(50)74(87)105)82(119)99-100-84(120)130-34-35-133-134-47-53(80(117)118)38-67(110)63(40-56-46-107(102-98-56)31-33-132-136(126,127)128)94-77(113)48(3)36-66(109)62(39-55-45-106(101-97-55)30-32-131-135(123,124)125)92-70(111)21-19-52(79(115)116)37-65(108)51-17-14-49(15-18-51)16-20-54-44-90-76-72(91-54)78(114)96-83(89)95-76/h9-10,12-15,17-18,22,41-42,44-46,48,52-53,62-63,69,71,74-75,81,93,112,121-122H,7-8,11,16,19-21,23-40,43,47H2,1-6H3,(H,92,111)(H,94,113)(H,99,119)(H,100,120)(H,115,116)(H,117,118)(H,123,124,125)(H,126,127,128)(H3,89,90,95,96,114)/t48-,52-,53+,62+,63+,69?,71?,74+,75-,81-,85-,86+,87-,88-/m1/s1. The number of carbonyl (C=O) groups excluding carboxylic acids is 7. The van der Waals surface area contributed by atoms with E-state index in [4.69, 9.17) is 24.3 Å². The molecule has 14 atom stereocenters. The number of hydrogen-bond acceptors (Lipinski definition) is 35. The first kappa shape index (κ1) is 101. The number of aryl methyl sites for hydroxylation is 2. The minimum atomic E-state index is -4.88. The van der Waals surface area contributed by atoms with Gasteiger partial charge in [0.1, 0.15) is 18.5 Å². The monoisotopic (exact) mass is 1960 g/mol. The lowest BCUT2D eigenvalue weighted by molar-refractivity contribution is -0.184. The smallest absolute Gasteiger partial charge is 0.426 e. The van der Waals surface area contributed by atoms with Gasteiger partial charge in [0.05, 0.1) is 92.3 Å². The number of benzene rings is 3. The number of methoxy groups -OCH3 is 1. The predicted octanol–water partition coefficient (Wildman–Crippen LogP) is 3.47. The number of para-hydroxylation sites is 1. The summed E-state index contributed by atoms with van der Waals surface area (Å²) in [4.78, 5) is 152. The second-order valence-electron chi connectivity index (χ2n) is 35.6. The molecule has 10 heterocycles. The molecule has 2 saturated heterocycles. The van der Waals surface area contributed by atoms with Gasteiger partial charge in [-0.3, -0.25) is 62.7 Å². The van der Waals surface area contributed by atoms with Crippen molar-refractivity contribution in [2.24, 2.45) is 23.7 Å². The molecular weight excluding hydrogens is 1850 g/mol. The number of fused-ring (bicyclic) bond motifs is 6. The molecular formula is C88H111N19O25S4. The van der Waals surface area contributed by atoms with Crippen molar-refractivity contribution in [3.05, 3.63) is 141 Å². The summed E-state index contributed by atoms with van der Waals surface area (Å²) in [5.41, 5.74) is 12.9. The summed E-state index contributed by atoms with van der Waals surface area (Å²) in [6.07, 6.45) is 4.42. The molecule has 732 valence electrons. The zero-order valence-corrected chi connectivity index (χ0v) is 78.8. The van der Waals surface area contributed by atoms with Crippen LogP contribution in [-0.2, 0) is 123 Å². The number of nitrogens with zero attached hydrogens (tertiary/aromatic N) is 13. The maximum Gasteiger partial charge on any atom is 0.426 e. The van der Waals surface area contributed by atoms with Crippen LogP contribution < -0.4 is 36.9 Å². The number of likely N-dealkylation sites (N-methyl/N-ethyl adjacent to an activating group) is 1. The van der Waals surface area contributed by atoms with Crippen molar-refractivity contribution < 1.29 is 118 Å². The van der Waals surface area contributed by atoms with Crippen LogP contribution in [0.4, 0.5) is 16.4 Å². The number of amides is 4. The molecule has 15 N–H and O–H groups in total. The number of hydrogen-bond donors (Lipinski definition) is 14. The number of aliphatic hydroxyl groups is 3. The van der Waals surface area contributed by atoms with E-state index in [9.17, 15) is 85.8 Å². The Labute approximate surface area is 789 Å². The Balaban J connectivity index is 0.610. The van der Waals surface area contributed by atoms with E-state index in [-0.39, 0.29) is 71.3 Å². The summed E-state index contributed by atoms with van der Waals surface area (Å²) >= 11 is 0. The van der Waals surface area contributed by atoms with Gasteiger partial charge in [-0.15, -0.1) is 10.2 Å². The Bertz CT molecular complexity index is 6130. The fourth-order valence-corrected chi connectivity index (χ4v) is 23.3. The van der Waals surface area contributed by atoms with Gasteiger partial charge in [-0.2, -0.15) is 26.8 Å². The Morgan fingerprint density at radius 3 is 2.10 bits per heavy atom. The number of Topliss-reactive ketones (excluding diaryl/α,β-unsaturated/α-hetero) is 3. The van der Waals surface area contributed by atoms with Crippen LogP contribution in [0.1, 0.15) is 154 Å². The van der Waals surface area contributed by atoms with Gasteiger partial charge in [0.15, 0.2) is 34.1 Å². The van der Waals surface area contributed by atoms with E-state index < -0.39 is 214 Å². The summed E-state index contributed by atoms with van der Waals surface area (Å²) in [6.45, 7) is 8.12. The second-order valence-corrected chi connectivity index (χ2v) is 40.4. The number of ether oxygens (including phenoxy) is 2. The lowest BCUT2D eigenvalue weighted by atomic mass is 9.52. The van der Waals surface area contributed by atoms with E-state index in [1.165, 1.54) is 43.2 Å². The largest absolute Gasteiger partial charge is 0.496 e. The molecule has 0 bridgehead atoms. The highest BCUT2D eigenvalue weighted by Gasteiger charge is 2.76. The number of aromatic hydroxyl groups is 1. The topological polar surface area (TPSA) is 633 Å². The average Bonchev–Trinajstić information content (AvgIpc) is 1.49. The Morgan fingerprint density at radius 2 is 1.44 bits per heavy atom. The lowest BCUT2D eigenvalue weighted by Gasteiger charge is -2.59. The number of anilines is 2. The molecule has 48 heteroatoms. The van der Waals surface area contributed by atoms with Crippen LogP contribution in [0, 0.1) is 23.7 Å². The van der Waals surface area contributed by atoms with E-state index in [1.807, 2.05) is 36.9 Å². The second kappa shape index (κ2) is 42.0. The number of nitrogens with two attached hydrogens (primary N) is 1. The van der Waals surface area contributed by atoms with Gasteiger partial charge in [0, 0.05) is 157 Å². The molecule has 5 aliphatic heterocycles. The average molecular weight is 1960 g/mol. The molecule has 1 saturated carbocycles. The Morgan fingerprint density at radius 1 is 0.765 bits per heavy atom. The van der Waals surface area contributed by atoms with Crippen molar-refractivity contribution in [2.75, 3.05) is 82.3 Å². The summed E-state index contributed by atoms with van der Waals surface area (Å²) in [6, 6.07) is 13.9. The number of nitrogens with one attached hydrogen (secondary N) is 5. The third-order valence-corrected chi connectivity index (χ3v) is 30.7. The highest BCUT2D eigenvalue weighted by Crippen LogP contribution is 2.65. The van der Waals surface area contributed by atoms with E-state index in [0.717, 1.165) is 95.7 Å². The molecule has 4 amide bonds. The third-order valence-electron chi connectivity index (χ3n) is 27.3. The highest BCUT2D eigenvalue weighted by atomic mass is 33.1. The lowest BCUT2D eigenvalue weighted by Crippen LogP contribution is -2.79. The summed E-state index contributed by atoms with van der Waals surface area (Å²) < 4.78 is 86.3. The molecule has 1 spiro atoms. The molecule has 1 aliphatic carbocycles. The number of rotatable bonds is 43. The SMILES string of the molecule is CCC1=CCN2CC[C@]34c5cc([C@@]6(C)CC7N(CCC[C@@]7(O)CC)CCc7c6[nH]c6ccccc76)c(OC)cc5N(C)[C@H]3[C@@](O)(C(=O)NNC(=O)OCCSSC[C@H](CC(=O)[C@H](Cc3cn(CCOS(=O)(=O)O)nn3)NC(=O)[C@H](C)CC(=O)[C@H](Cc3cn(CCOS(=O)(=O)O)nn3)NC(=O)CC[C@H](CC(=O)c3ccc(CCc5cnc6nc(N)nc(O)c6n5)cc3)C(=O)O)C(=O)O)[C@H](O)C1[C@H]24. The zero-order valence-electron chi connectivity index (χ0n) is 75.5. The van der Waals surface area contributed by atoms with Crippen LogP contribution in [-0.4, -0.2) is 294 Å². The molecule has 14 rings (SSSR count). The summed E-state index contributed by atoms with van der Waals surface area (Å²) in [5.74, 6) is -13.3. The Hall–Kier alpha value is -11.3. The number of carbonyl (C=O) groups is 9. The van der Waals surface area contributed by atoms with Gasteiger partial charge in [0.2, 0.25) is 23.6 Å². The van der Waals surface area contributed by atoms with Crippen LogP contribution in [0.15, 0.2) is 90.9 Å². The molecule has 5 aromatic heterocycles. The van der Waals surface area contributed by atoms with Gasteiger partial charge >= 0.3 is 38.8 Å².